The van der Waals surface area contributed by atoms with Crippen LogP contribution in [0.5, 0.6) is 0 Å². The minimum absolute atomic E-state index is 0.390. The standard InChI is InChI=1S/C11H20O2/c1-3-9-6-5-7-11(4-2,8-9)10(12)13/h9H,3-8H2,1-2H3,(H,12,13). The molecule has 0 aromatic heterocycles. The van der Waals surface area contributed by atoms with Crippen LogP contribution in [-0.4, -0.2) is 11.1 Å². The number of aliphatic carboxylic acids is 1. The lowest BCUT2D eigenvalue weighted by atomic mass is 9.67. The minimum Gasteiger partial charge on any atom is -0.481 e. The fraction of sp³-hybridized carbons (Fsp3) is 0.909. The molecule has 0 aromatic rings. The van der Waals surface area contributed by atoms with Crippen LogP contribution in [-0.2, 0) is 4.79 Å². The molecule has 1 aliphatic carbocycles. The van der Waals surface area contributed by atoms with Crippen molar-refractivity contribution in [1.29, 1.82) is 0 Å². The Morgan fingerprint density at radius 3 is 2.69 bits per heavy atom. The van der Waals surface area contributed by atoms with Crippen molar-refractivity contribution in [3.05, 3.63) is 0 Å². The third-order valence-corrected chi connectivity index (χ3v) is 3.65. The third-order valence-electron chi connectivity index (χ3n) is 3.65. The van der Waals surface area contributed by atoms with Gasteiger partial charge in [0.1, 0.15) is 0 Å². The van der Waals surface area contributed by atoms with Gasteiger partial charge in [-0.15, -0.1) is 0 Å². The third kappa shape index (κ3) is 2.04. The van der Waals surface area contributed by atoms with E-state index in [1.165, 1.54) is 6.42 Å². The van der Waals surface area contributed by atoms with Crippen molar-refractivity contribution in [2.24, 2.45) is 11.3 Å². The summed E-state index contributed by atoms with van der Waals surface area (Å²) >= 11 is 0. The first kappa shape index (κ1) is 10.6. The molecule has 0 aromatic carbocycles. The molecule has 13 heavy (non-hydrogen) atoms. The van der Waals surface area contributed by atoms with Crippen LogP contribution in [0.2, 0.25) is 0 Å². The molecule has 2 heteroatoms. The van der Waals surface area contributed by atoms with Crippen LogP contribution in [0, 0.1) is 11.3 Å². The van der Waals surface area contributed by atoms with Crippen molar-refractivity contribution < 1.29 is 9.90 Å². The highest BCUT2D eigenvalue weighted by atomic mass is 16.4. The predicted octanol–water partition coefficient (Wildman–Crippen LogP) is 3.07. The van der Waals surface area contributed by atoms with E-state index in [-0.39, 0.29) is 5.41 Å². The van der Waals surface area contributed by atoms with Gasteiger partial charge in [-0.05, 0) is 25.2 Å². The fourth-order valence-corrected chi connectivity index (χ4v) is 2.50. The maximum atomic E-state index is 11.2. The molecule has 0 aliphatic heterocycles. The van der Waals surface area contributed by atoms with Crippen LogP contribution in [0.15, 0.2) is 0 Å². The van der Waals surface area contributed by atoms with Gasteiger partial charge in [0.2, 0.25) is 0 Å². The Bertz CT molecular complexity index is 189. The lowest BCUT2D eigenvalue weighted by Crippen LogP contribution is -2.35. The Morgan fingerprint density at radius 2 is 2.23 bits per heavy atom. The van der Waals surface area contributed by atoms with Crippen molar-refractivity contribution >= 4 is 5.97 Å². The van der Waals surface area contributed by atoms with Crippen molar-refractivity contribution in [2.75, 3.05) is 0 Å². The number of hydrogen-bond donors (Lipinski definition) is 1. The van der Waals surface area contributed by atoms with Gasteiger partial charge in [0.15, 0.2) is 0 Å². The summed E-state index contributed by atoms with van der Waals surface area (Å²) < 4.78 is 0. The molecule has 2 unspecified atom stereocenters. The van der Waals surface area contributed by atoms with Gasteiger partial charge in [0, 0.05) is 0 Å². The highest BCUT2D eigenvalue weighted by Crippen LogP contribution is 2.43. The Hall–Kier alpha value is -0.530. The van der Waals surface area contributed by atoms with Crippen molar-refractivity contribution in [1.82, 2.24) is 0 Å². The fourth-order valence-electron chi connectivity index (χ4n) is 2.50. The summed E-state index contributed by atoms with van der Waals surface area (Å²) in [5.74, 6) is 0.0675. The molecule has 1 N–H and O–H groups in total. The molecule has 2 atom stereocenters. The summed E-state index contributed by atoms with van der Waals surface area (Å²) in [5.41, 5.74) is -0.390. The number of hydrogen-bond acceptors (Lipinski definition) is 1. The van der Waals surface area contributed by atoms with Gasteiger partial charge >= 0.3 is 5.97 Å². The van der Waals surface area contributed by atoms with Crippen molar-refractivity contribution in [3.8, 4) is 0 Å². The second-order valence-electron chi connectivity index (χ2n) is 4.31. The quantitative estimate of drug-likeness (QED) is 0.732. The molecule has 76 valence electrons. The Kier molecular flexibility index (Phi) is 3.34. The molecule has 0 radical (unpaired) electrons. The van der Waals surface area contributed by atoms with Crippen LogP contribution < -0.4 is 0 Å². The van der Waals surface area contributed by atoms with Gasteiger partial charge in [-0.1, -0.05) is 33.1 Å². The molecule has 0 amide bonds. The average molecular weight is 184 g/mol. The molecule has 2 nitrogen and oxygen atoms in total. The van der Waals surface area contributed by atoms with E-state index in [0.29, 0.717) is 5.92 Å². The molecular weight excluding hydrogens is 164 g/mol. The van der Waals surface area contributed by atoms with Gasteiger partial charge in [-0.25, -0.2) is 0 Å². The van der Waals surface area contributed by atoms with Gasteiger partial charge in [0.25, 0.3) is 0 Å². The van der Waals surface area contributed by atoms with E-state index in [4.69, 9.17) is 0 Å². The number of carboxylic acid groups (broad SMARTS) is 1. The number of rotatable bonds is 3. The van der Waals surface area contributed by atoms with E-state index in [1.807, 2.05) is 6.92 Å². The first-order valence-corrected chi connectivity index (χ1v) is 5.38. The van der Waals surface area contributed by atoms with E-state index >= 15 is 0 Å². The smallest absolute Gasteiger partial charge is 0.309 e. The predicted molar refractivity (Wildman–Crippen MR) is 52.6 cm³/mol. The lowest BCUT2D eigenvalue weighted by molar-refractivity contribution is -0.152. The van der Waals surface area contributed by atoms with Crippen molar-refractivity contribution in [3.63, 3.8) is 0 Å². The summed E-state index contributed by atoms with van der Waals surface area (Å²) in [7, 11) is 0. The summed E-state index contributed by atoms with van der Waals surface area (Å²) in [5, 5.41) is 9.20. The SMILES string of the molecule is CCC1CCCC(CC)(C(=O)O)C1. The Morgan fingerprint density at radius 1 is 1.54 bits per heavy atom. The van der Waals surface area contributed by atoms with Gasteiger partial charge in [-0.2, -0.15) is 0 Å². The Balaban J connectivity index is 2.69. The summed E-state index contributed by atoms with van der Waals surface area (Å²) in [6, 6.07) is 0. The van der Waals surface area contributed by atoms with Crippen LogP contribution in [0.4, 0.5) is 0 Å². The highest BCUT2D eigenvalue weighted by molar-refractivity contribution is 5.74. The normalized spacial score (nSPS) is 34.5. The zero-order valence-corrected chi connectivity index (χ0v) is 8.68. The van der Waals surface area contributed by atoms with Gasteiger partial charge < -0.3 is 5.11 Å². The maximum Gasteiger partial charge on any atom is 0.309 e. The van der Waals surface area contributed by atoms with Crippen LogP contribution in [0.25, 0.3) is 0 Å². The van der Waals surface area contributed by atoms with Gasteiger partial charge in [0.05, 0.1) is 5.41 Å². The van der Waals surface area contributed by atoms with Crippen LogP contribution in [0.3, 0.4) is 0 Å². The van der Waals surface area contributed by atoms with E-state index in [0.717, 1.165) is 32.1 Å². The first-order chi connectivity index (χ1) is 6.14. The summed E-state index contributed by atoms with van der Waals surface area (Å²) in [4.78, 5) is 11.2. The van der Waals surface area contributed by atoms with Crippen LogP contribution in [0.1, 0.15) is 52.4 Å². The molecule has 0 bridgehead atoms. The van der Waals surface area contributed by atoms with E-state index in [2.05, 4.69) is 6.92 Å². The second-order valence-corrected chi connectivity index (χ2v) is 4.31. The molecule has 1 fully saturated rings. The average Bonchev–Trinajstić information content (AvgIpc) is 2.17. The molecular formula is C11H20O2. The van der Waals surface area contributed by atoms with E-state index in [9.17, 15) is 9.90 Å². The van der Waals surface area contributed by atoms with Crippen LogP contribution >= 0.6 is 0 Å². The maximum absolute atomic E-state index is 11.2. The monoisotopic (exact) mass is 184 g/mol. The zero-order valence-electron chi connectivity index (χ0n) is 8.68. The molecule has 1 rings (SSSR count). The number of carbonyl (C=O) groups is 1. The van der Waals surface area contributed by atoms with E-state index in [1.54, 1.807) is 0 Å². The molecule has 1 aliphatic rings. The zero-order chi connectivity index (χ0) is 9.90. The Labute approximate surface area is 80.3 Å². The van der Waals surface area contributed by atoms with Gasteiger partial charge in [-0.3, -0.25) is 4.79 Å². The first-order valence-electron chi connectivity index (χ1n) is 5.38. The summed E-state index contributed by atoms with van der Waals surface area (Å²) in [6.45, 7) is 4.17. The largest absolute Gasteiger partial charge is 0.481 e. The summed E-state index contributed by atoms with van der Waals surface area (Å²) in [6.07, 6.45) is 6.03. The molecule has 0 heterocycles. The lowest BCUT2D eigenvalue weighted by Gasteiger charge is -2.36. The topological polar surface area (TPSA) is 37.3 Å². The molecule has 0 spiro atoms. The second kappa shape index (κ2) is 4.12. The van der Waals surface area contributed by atoms with Crippen molar-refractivity contribution in [2.45, 2.75) is 52.4 Å². The molecule has 0 saturated heterocycles. The minimum atomic E-state index is -0.576. The number of carboxylic acids is 1. The highest BCUT2D eigenvalue weighted by Gasteiger charge is 2.40. The van der Waals surface area contributed by atoms with E-state index < -0.39 is 5.97 Å². The molecule has 1 saturated carbocycles.